The lowest BCUT2D eigenvalue weighted by Crippen LogP contribution is -2.31. The molecule has 15 heavy (non-hydrogen) atoms. The molecule has 0 aliphatic heterocycles. The Morgan fingerprint density at radius 3 is 2.80 bits per heavy atom. The second-order valence-corrected chi connectivity index (χ2v) is 5.02. The molecule has 1 aromatic rings. The largest absolute Gasteiger partial charge is 0.468 e. The molecule has 1 rings (SSSR count). The van der Waals surface area contributed by atoms with E-state index in [-0.39, 0.29) is 0 Å². The highest BCUT2D eigenvalue weighted by molar-refractivity contribution is 7.99. The minimum atomic E-state index is 0.319. The van der Waals surface area contributed by atoms with E-state index in [2.05, 4.69) is 13.8 Å². The van der Waals surface area contributed by atoms with Crippen LogP contribution in [0, 0.1) is 0 Å². The number of furan rings is 1. The summed E-state index contributed by atoms with van der Waals surface area (Å²) >= 11 is 1.91. The maximum atomic E-state index is 6.13. The lowest BCUT2D eigenvalue weighted by Gasteiger charge is -2.21. The van der Waals surface area contributed by atoms with Crippen molar-refractivity contribution in [2.24, 2.45) is 5.73 Å². The van der Waals surface area contributed by atoms with Gasteiger partial charge in [0.25, 0.3) is 0 Å². The summed E-state index contributed by atoms with van der Waals surface area (Å²) in [5, 5.41) is 0.551. The van der Waals surface area contributed by atoms with Crippen molar-refractivity contribution >= 4 is 11.8 Å². The van der Waals surface area contributed by atoms with E-state index in [9.17, 15) is 0 Å². The minimum Gasteiger partial charge on any atom is -0.468 e. The number of hydrogen-bond donors (Lipinski definition) is 1. The lowest BCUT2D eigenvalue weighted by atomic mass is 10.1. The number of hydrogen-bond acceptors (Lipinski definition) is 3. The van der Waals surface area contributed by atoms with Gasteiger partial charge in [0, 0.05) is 11.3 Å². The topological polar surface area (TPSA) is 39.2 Å². The monoisotopic (exact) mass is 227 g/mol. The van der Waals surface area contributed by atoms with Gasteiger partial charge in [0.15, 0.2) is 0 Å². The highest BCUT2D eigenvalue weighted by Gasteiger charge is 2.15. The highest BCUT2D eigenvalue weighted by atomic mass is 32.2. The van der Waals surface area contributed by atoms with Crippen LogP contribution in [-0.4, -0.2) is 11.3 Å². The van der Waals surface area contributed by atoms with Crippen LogP contribution in [0.3, 0.4) is 0 Å². The number of rotatable bonds is 7. The van der Waals surface area contributed by atoms with Crippen LogP contribution in [0.25, 0.3) is 0 Å². The maximum Gasteiger partial charge on any atom is 0.113 e. The molecular formula is C12H21NOS. The summed E-state index contributed by atoms with van der Waals surface area (Å²) < 4.78 is 5.31. The van der Waals surface area contributed by atoms with Crippen LogP contribution in [0.5, 0.6) is 0 Å². The number of nitrogens with two attached hydrogens (primary N) is 1. The molecular weight excluding hydrogens is 206 g/mol. The molecule has 1 aromatic heterocycles. The normalized spacial score (nSPS) is 15.1. The van der Waals surface area contributed by atoms with Crippen LogP contribution in [-0.2, 0) is 5.75 Å². The van der Waals surface area contributed by atoms with E-state index >= 15 is 0 Å². The molecule has 0 fully saturated rings. The third-order valence-corrected chi connectivity index (χ3v) is 4.08. The highest BCUT2D eigenvalue weighted by Crippen LogP contribution is 2.24. The maximum absolute atomic E-state index is 6.13. The summed E-state index contributed by atoms with van der Waals surface area (Å²) in [5.41, 5.74) is 6.13. The van der Waals surface area contributed by atoms with E-state index in [1.807, 2.05) is 23.9 Å². The molecule has 86 valence electrons. The van der Waals surface area contributed by atoms with E-state index in [4.69, 9.17) is 10.2 Å². The van der Waals surface area contributed by atoms with Crippen molar-refractivity contribution in [3.05, 3.63) is 24.2 Å². The van der Waals surface area contributed by atoms with Crippen molar-refractivity contribution in [3.8, 4) is 0 Å². The number of thioether (sulfide) groups is 1. The fourth-order valence-corrected chi connectivity index (χ4v) is 2.81. The van der Waals surface area contributed by atoms with Gasteiger partial charge in [-0.1, -0.05) is 20.3 Å². The average molecular weight is 227 g/mol. The van der Waals surface area contributed by atoms with Gasteiger partial charge in [0.05, 0.1) is 12.0 Å². The predicted octanol–water partition coefficient (Wildman–Crippen LogP) is 3.42. The zero-order valence-corrected chi connectivity index (χ0v) is 10.4. The second kappa shape index (κ2) is 6.96. The fourth-order valence-electron chi connectivity index (χ4n) is 1.65. The summed E-state index contributed by atoms with van der Waals surface area (Å²) in [4.78, 5) is 0. The minimum absolute atomic E-state index is 0.319. The Labute approximate surface area is 96.6 Å². The average Bonchev–Trinajstić information content (AvgIpc) is 2.72. The molecule has 3 heteroatoms. The zero-order valence-electron chi connectivity index (χ0n) is 9.61. The van der Waals surface area contributed by atoms with Gasteiger partial charge in [-0.05, 0) is 25.0 Å². The van der Waals surface area contributed by atoms with Crippen LogP contribution >= 0.6 is 11.8 Å². The smallest absolute Gasteiger partial charge is 0.113 e. The Hall–Kier alpha value is -0.410. The zero-order chi connectivity index (χ0) is 11.1. The standard InChI is InChI=1S/C12H21NOS/c1-3-6-11(13)12(4-2)15-9-10-7-5-8-14-10/h5,7-8,11-12H,3-4,6,9,13H2,1-2H3. The van der Waals surface area contributed by atoms with Crippen molar-refractivity contribution in [1.29, 1.82) is 0 Å². The molecule has 2 nitrogen and oxygen atoms in total. The van der Waals surface area contributed by atoms with E-state index in [1.165, 1.54) is 6.42 Å². The Morgan fingerprint density at radius 1 is 1.47 bits per heavy atom. The van der Waals surface area contributed by atoms with Crippen molar-refractivity contribution in [3.63, 3.8) is 0 Å². The van der Waals surface area contributed by atoms with Crippen LogP contribution in [0.1, 0.15) is 38.9 Å². The van der Waals surface area contributed by atoms with E-state index in [1.54, 1.807) is 6.26 Å². The van der Waals surface area contributed by atoms with E-state index in [0.717, 1.165) is 24.4 Å². The van der Waals surface area contributed by atoms with Crippen molar-refractivity contribution in [1.82, 2.24) is 0 Å². The molecule has 0 saturated carbocycles. The Balaban J connectivity index is 2.33. The molecule has 0 bridgehead atoms. The SMILES string of the molecule is CCCC(N)C(CC)SCc1ccco1. The summed E-state index contributed by atoms with van der Waals surface area (Å²) in [6.45, 7) is 4.39. The van der Waals surface area contributed by atoms with Crippen LogP contribution in [0.15, 0.2) is 22.8 Å². The third kappa shape index (κ3) is 4.31. The van der Waals surface area contributed by atoms with Gasteiger partial charge in [-0.2, -0.15) is 0 Å². The fraction of sp³-hybridized carbons (Fsp3) is 0.667. The Morgan fingerprint density at radius 2 is 2.27 bits per heavy atom. The van der Waals surface area contributed by atoms with Crippen molar-refractivity contribution < 1.29 is 4.42 Å². The van der Waals surface area contributed by atoms with Gasteiger partial charge in [-0.15, -0.1) is 11.8 Å². The van der Waals surface area contributed by atoms with Gasteiger partial charge in [0.1, 0.15) is 5.76 Å². The molecule has 0 saturated heterocycles. The van der Waals surface area contributed by atoms with Crippen LogP contribution < -0.4 is 5.73 Å². The van der Waals surface area contributed by atoms with Crippen molar-refractivity contribution in [2.45, 2.75) is 50.2 Å². The van der Waals surface area contributed by atoms with Gasteiger partial charge in [-0.25, -0.2) is 0 Å². The van der Waals surface area contributed by atoms with Gasteiger partial charge >= 0.3 is 0 Å². The molecule has 2 N–H and O–H groups in total. The first-order chi connectivity index (χ1) is 7.27. The van der Waals surface area contributed by atoms with Crippen LogP contribution in [0.4, 0.5) is 0 Å². The summed E-state index contributed by atoms with van der Waals surface area (Å²) in [6.07, 6.45) is 5.14. The molecule has 0 radical (unpaired) electrons. The van der Waals surface area contributed by atoms with Gasteiger partial charge in [0.2, 0.25) is 0 Å². The van der Waals surface area contributed by atoms with Crippen LogP contribution in [0.2, 0.25) is 0 Å². The molecule has 0 aliphatic rings. The molecule has 0 spiro atoms. The summed E-state index contributed by atoms with van der Waals surface area (Å²) in [6, 6.07) is 4.27. The Bertz CT molecular complexity index is 248. The van der Waals surface area contributed by atoms with E-state index in [0.29, 0.717) is 11.3 Å². The molecule has 2 atom stereocenters. The summed E-state index contributed by atoms with van der Waals surface area (Å²) in [7, 11) is 0. The first-order valence-corrected chi connectivity index (χ1v) is 6.72. The Kier molecular flexibility index (Phi) is 5.88. The first-order valence-electron chi connectivity index (χ1n) is 5.67. The lowest BCUT2D eigenvalue weighted by molar-refractivity contribution is 0.528. The predicted molar refractivity (Wildman–Crippen MR) is 67.0 cm³/mol. The van der Waals surface area contributed by atoms with Gasteiger partial charge < -0.3 is 10.2 Å². The molecule has 0 amide bonds. The first kappa shape index (κ1) is 12.7. The van der Waals surface area contributed by atoms with E-state index < -0.39 is 0 Å². The molecule has 0 aliphatic carbocycles. The molecule has 1 heterocycles. The molecule has 0 aromatic carbocycles. The quantitative estimate of drug-likeness (QED) is 0.775. The summed E-state index contributed by atoms with van der Waals surface area (Å²) in [5.74, 6) is 1.98. The third-order valence-electron chi connectivity index (χ3n) is 2.52. The van der Waals surface area contributed by atoms with Gasteiger partial charge in [-0.3, -0.25) is 0 Å². The molecule has 2 unspecified atom stereocenters. The van der Waals surface area contributed by atoms with Crippen molar-refractivity contribution in [2.75, 3.05) is 0 Å². The second-order valence-electron chi connectivity index (χ2n) is 3.79.